The molecule has 104 valence electrons. The zero-order valence-corrected chi connectivity index (χ0v) is 11.6. The van der Waals surface area contributed by atoms with Crippen LogP contribution in [-0.2, 0) is 0 Å². The van der Waals surface area contributed by atoms with E-state index in [9.17, 15) is 5.11 Å². The minimum atomic E-state index is 0.217. The van der Waals surface area contributed by atoms with Gasteiger partial charge in [-0.1, -0.05) is 19.1 Å². The lowest BCUT2D eigenvalue weighted by Gasteiger charge is -2.25. The van der Waals surface area contributed by atoms with Crippen LogP contribution in [0.4, 0.5) is 0 Å². The van der Waals surface area contributed by atoms with Gasteiger partial charge in [-0.15, -0.1) is 0 Å². The van der Waals surface area contributed by atoms with Crippen LogP contribution in [0.2, 0.25) is 0 Å². The highest BCUT2D eigenvalue weighted by atomic mass is 16.3. The highest BCUT2D eigenvalue weighted by Gasteiger charge is 2.32. The number of nitrogens with zero attached hydrogens (tertiary/aromatic N) is 2. The largest absolute Gasteiger partial charge is 0.510 e. The first kappa shape index (κ1) is 12.7. The van der Waals surface area contributed by atoms with Crippen molar-refractivity contribution < 1.29 is 5.11 Å². The maximum Gasteiger partial charge on any atom is 0.145 e. The summed E-state index contributed by atoms with van der Waals surface area (Å²) in [4.78, 5) is 9.55. The average Bonchev–Trinajstić information content (AvgIpc) is 2.98. The van der Waals surface area contributed by atoms with E-state index in [0.29, 0.717) is 23.8 Å². The standard InChI is InChI=1S/C15H18N4O/c1-3-9(2)19-8-12(20)13(14(19)16)15-17-10-6-4-5-7-11(10)18-15/h4-7,9,16,20H,3,8H2,1-2H3,(H,17,18)/t9-/m0/s1. The minimum absolute atomic E-state index is 0.217. The summed E-state index contributed by atoms with van der Waals surface area (Å²) < 4.78 is 0. The summed E-state index contributed by atoms with van der Waals surface area (Å²) in [5.74, 6) is 1.13. The number of aliphatic hydroxyl groups excluding tert-OH is 1. The van der Waals surface area contributed by atoms with Gasteiger partial charge in [-0.2, -0.15) is 0 Å². The van der Waals surface area contributed by atoms with Crippen LogP contribution in [0.3, 0.4) is 0 Å². The van der Waals surface area contributed by atoms with E-state index >= 15 is 0 Å². The quantitative estimate of drug-likeness (QED) is 0.802. The molecular formula is C15H18N4O. The molecule has 20 heavy (non-hydrogen) atoms. The number of benzene rings is 1. The molecule has 1 aliphatic heterocycles. The van der Waals surface area contributed by atoms with Crippen molar-refractivity contribution in [2.24, 2.45) is 0 Å². The van der Waals surface area contributed by atoms with Crippen LogP contribution < -0.4 is 0 Å². The van der Waals surface area contributed by atoms with Crippen LogP contribution in [0.5, 0.6) is 0 Å². The maximum absolute atomic E-state index is 10.2. The molecule has 2 aromatic rings. The molecular weight excluding hydrogens is 252 g/mol. The number of hydrogen-bond acceptors (Lipinski definition) is 3. The molecule has 0 amide bonds. The predicted octanol–water partition coefficient (Wildman–Crippen LogP) is 2.92. The lowest BCUT2D eigenvalue weighted by molar-refractivity contribution is 0.301. The summed E-state index contributed by atoms with van der Waals surface area (Å²) >= 11 is 0. The maximum atomic E-state index is 10.2. The van der Waals surface area contributed by atoms with Gasteiger partial charge in [0.05, 0.1) is 23.2 Å². The number of rotatable bonds is 3. The molecule has 0 saturated heterocycles. The third-order valence-corrected chi connectivity index (χ3v) is 3.88. The zero-order valence-electron chi connectivity index (χ0n) is 11.6. The molecule has 5 nitrogen and oxygen atoms in total. The normalized spacial score (nSPS) is 17.3. The van der Waals surface area contributed by atoms with Gasteiger partial charge in [0.1, 0.15) is 17.4 Å². The molecule has 1 aromatic carbocycles. The number of aromatic nitrogens is 2. The van der Waals surface area contributed by atoms with Crippen molar-refractivity contribution in [2.75, 3.05) is 6.54 Å². The van der Waals surface area contributed by atoms with Gasteiger partial charge in [-0.3, -0.25) is 5.41 Å². The number of imidazole rings is 1. The van der Waals surface area contributed by atoms with E-state index in [-0.39, 0.29) is 11.8 Å². The fourth-order valence-electron chi connectivity index (χ4n) is 2.52. The summed E-state index contributed by atoms with van der Waals surface area (Å²) in [7, 11) is 0. The molecule has 3 rings (SSSR count). The number of aromatic amines is 1. The minimum Gasteiger partial charge on any atom is -0.510 e. The Morgan fingerprint density at radius 2 is 2.20 bits per heavy atom. The van der Waals surface area contributed by atoms with Crippen molar-refractivity contribution in [3.8, 4) is 0 Å². The van der Waals surface area contributed by atoms with Crippen LogP contribution >= 0.6 is 0 Å². The van der Waals surface area contributed by atoms with Crippen molar-refractivity contribution in [3.63, 3.8) is 0 Å². The Labute approximate surface area is 117 Å². The Morgan fingerprint density at radius 1 is 1.45 bits per heavy atom. The van der Waals surface area contributed by atoms with Crippen LogP contribution in [0.15, 0.2) is 30.0 Å². The van der Waals surface area contributed by atoms with Crippen LogP contribution in [-0.4, -0.2) is 38.4 Å². The molecule has 1 atom stereocenters. The van der Waals surface area contributed by atoms with Gasteiger partial charge in [0, 0.05) is 6.04 Å². The predicted molar refractivity (Wildman–Crippen MR) is 79.8 cm³/mol. The van der Waals surface area contributed by atoms with E-state index in [1.54, 1.807) is 0 Å². The van der Waals surface area contributed by atoms with E-state index in [4.69, 9.17) is 5.41 Å². The molecule has 5 heteroatoms. The second kappa shape index (κ2) is 4.67. The van der Waals surface area contributed by atoms with Crippen molar-refractivity contribution in [1.82, 2.24) is 14.9 Å². The second-order valence-electron chi connectivity index (χ2n) is 5.16. The Morgan fingerprint density at radius 3 is 2.90 bits per heavy atom. The summed E-state index contributed by atoms with van der Waals surface area (Å²) in [5.41, 5.74) is 2.27. The van der Waals surface area contributed by atoms with Gasteiger partial charge in [0.25, 0.3) is 0 Å². The number of amidine groups is 1. The molecule has 0 fully saturated rings. The lowest BCUT2D eigenvalue weighted by atomic mass is 10.2. The van der Waals surface area contributed by atoms with Crippen molar-refractivity contribution >= 4 is 22.4 Å². The Balaban J connectivity index is 2.01. The first-order valence-corrected chi connectivity index (χ1v) is 6.84. The third-order valence-electron chi connectivity index (χ3n) is 3.88. The summed E-state index contributed by atoms with van der Waals surface area (Å²) in [6.45, 7) is 4.53. The van der Waals surface area contributed by atoms with E-state index in [1.165, 1.54) is 0 Å². The lowest BCUT2D eigenvalue weighted by Crippen LogP contribution is -2.34. The SMILES string of the molecule is CC[C@H](C)N1CC(O)=C(c2nc3ccccc3[nH]2)C1=N. The smallest absolute Gasteiger partial charge is 0.145 e. The number of fused-ring (bicyclic) bond motifs is 1. The fraction of sp³-hybridized carbons (Fsp3) is 0.333. The highest BCUT2D eigenvalue weighted by molar-refractivity contribution is 6.23. The van der Waals surface area contributed by atoms with Gasteiger partial charge in [-0.25, -0.2) is 4.98 Å². The van der Waals surface area contributed by atoms with E-state index < -0.39 is 0 Å². The Kier molecular flexibility index (Phi) is 2.97. The topological polar surface area (TPSA) is 76.0 Å². The van der Waals surface area contributed by atoms with Gasteiger partial charge >= 0.3 is 0 Å². The summed E-state index contributed by atoms with van der Waals surface area (Å²) in [6.07, 6.45) is 0.934. The molecule has 0 bridgehead atoms. The van der Waals surface area contributed by atoms with Crippen LogP contribution in [0.1, 0.15) is 26.1 Å². The average molecular weight is 270 g/mol. The molecule has 1 aliphatic rings. The van der Waals surface area contributed by atoms with Gasteiger partial charge in [0.2, 0.25) is 0 Å². The number of nitrogens with one attached hydrogen (secondary N) is 2. The molecule has 1 aromatic heterocycles. The zero-order chi connectivity index (χ0) is 14.3. The summed E-state index contributed by atoms with van der Waals surface area (Å²) in [5, 5.41) is 18.5. The first-order valence-electron chi connectivity index (χ1n) is 6.84. The molecule has 3 N–H and O–H groups in total. The third kappa shape index (κ3) is 1.86. The number of H-pyrrole nitrogens is 1. The van der Waals surface area contributed by atoms with Crippen molar-refractivity contribution in [3.05, 3.63) is 35.8 Å². The number of para-hydroxylation sites is 2. The molecule has 0 spiro atoms. The van der Waals surface area contributed by atoms with Crippen molar-refractivity contribution in [1.29, 1.82) is 5.41 Å². The number of aliphatic hydroxyl groups is 1. The van der Waals surface area contributed by atoms with Crippen LogP contribution in [0, 0.1) is 5.41 Å². The fourth-order valence-corrected chi connectivity index (χ4v) is 2.52. The highest BCUT2D eigenvalue weighted by Crippen LogP contribution is 2.28. The second-order valence-corrected chi connectivity index (χ2v) is 5.16. The van der Waals surface area contributed by atoms with Gasteiger partial charge in [-0.05, 0) is 25.5 Å². The number of hydrogen-bond donors (Lipinski definition) is 3. The Hall–Kier alpha value is -2.30. The van der Waals surface area contributed by atoms with Gasteiger partial charge < -0.3 is 15.0 Å². The molecule has 0 radical (unpaired) electrons. The molecule has 2 heterocycles. The molecule has 0 unspecified atom stereocenters. The molecule has 0 saturated carbocycles. The van der Waals surface area contributed by atoms with Crippen molar-refractivity contribution in [2.45, 2.75) is 26.3 Å². The van der Waals surface area contributed by atoms with Crippen LogP contribution in [0.25, 0.3) is 16.6 Å². The Bertz CT molecular complexity index is 668. The van der Waals surface area contributed by atoms with E-state index in [2.05, 4.69) is 23.8 Å². The summed E-state index contributed by atoms with van der Waals surface area (Å²) in [6, 6.07) is 7.94. The van der Waals surface area contributed by atoms with Gasteiger partial charge in [0.15, 0.2) is 0 Å². The van der Waals surface area contributed by atoms with E-state index in [1.807, 2.05) is 29.2 Å². The first-order chi connectivity index (χ1) is 9.61. The van der Waals surface area contributed by atoms with E-state index in [0.717, 1.165) is 17.5 Å². The molecule has 0 aliphatic carbocycles. The monoisotopic (exact) mass is 270 g/mol.